The third-order valence-corrected chi connectivity index (χ3v) is 2.40. The van der Waals surface area contributed by atoms with Crippen LogP contribution in [0.4, 0.5) is 5.69 Å². The molecule has 1 fully saturated rings. The van der Waals surface area contributed by atoms with Crippen LogP contribution in [-0.2, 0) is 4.79 Å². The van der Waals surface area contributed by atoms with Gasteiger partial charge in [-0.3, -0.25) is 9.69 Å². The summed E-state index contributed by atoms with van der Waals surface area (Å²) >= 11 is 0. The molecule has 1 aliphatic rings. The van der Waals surface area contributed by atoms with E-state index in [0.29, 0.717) is 6.54 Å². The van der Waals surface area contributed by atoms with Crippen LogP contribution in [0.3, 0.4) is 0 Å². The van der Waals surface area contributed by atoms with E-state index in [2.05, 4.69) is 15.5 Å². The Hall–Kier alpha value is -1.55. The molecule has 0 atom stereocenters. The van der Waals surface area contributed by atoms with Crippen molar-refractivity contribution in [3.05, 3.63) is 30.3 Å². The number of carbonyl (C=O) groups is 1. The molecule has 4 nitrogen and oxygen atoms in total. The predicted octanol–water partition coefficient (Wildman–Crippen LogP) is 0.488. The quantitative estimate of drug-likeness (QED) is 0.754. The van der Waals surface area contributed by atoms with Gasteiger partial charge in [0.05, 0.1) is 13.2 Å². The number of anilines is 1. The van der Waals surface area contributed by atoms with Crippen LogP contribution >= 0.6 is 0 Å². The SMILES string of the molecule is O=C1CN(CNc2ccccc2)CCN1. The van der Waals surface area contributed by atoms with Crippen LogP contribution in [0.15, 0.2) is 30.3 Å². The first-order valence-corrected chi connectivity index (χ1v) is 5.12. The van der Waals surface area contributed by atoms with Crippen molar-refractivity contribution in [1.29, 1.82) is 0 Å². The van der Waals surface area contributed by atoms with E-state index >= 15 is 0 Å². The Bertz CT molecular complexity index is 326. The maximum absolute atomic E-state index is 11.1. The summed E-state index contributed by atoms with van der Waals surface area (Å²) in [6, 6.07) is 10.0. The lowest BCUT2D eigenvalue weighted by atomic mass is 10.3. The summed E-state index contributed by atoms with van der Waals surface area (Å²) in [4.78, 5) is 13.2. The Morgan fingerprint density at radius 1 is 1.33 bits per heavy atom. The molecule has 1 amide bonds. The molecule has 0 aromatic heterocycles. The zero-order valence-electron chi connectivity index (χ0n) is 8.57. The molecule has 0 radical (unpaired) electrons. The van der Waals surface area contributed by atoms with E-state index < -0.39 is 0 Å². The summed E-state index contributed by atoms with van der Waals surface area (Å²) in [6.07, 6.45) is 0. The average molecular weight is 205 g/mol. The van der Waals surface area contributed by atoms with Gasteiger partial charge in [-0.05, 0) is 12.1 Å². The summed E-state index contributed by atoms with van der Waals surface area (Å²) in [5.74, 6) is 0.108. The highest BCUT2D eigenvalue weighted by atomic mass is 16.2. The Labute approximate surface area is 89.3 Å². The summed E-state index contributed by atoms with van der Waals surface area (Å²) in [7, 11) is 0. The minimum Gasteiger partial charge on any atom is -0.372 e. The van der Waals surface area contributed by atoms with Crippen molar-refractivity contribution in [3.8, 4) is 0 Å². The molecule has 80 valence electrons. The van der Waals surface area contributed by atoms with E-state index in [1.54, 1.807) is 0 Å². The normalized spacial score (nSPS) is 17.2. The lowest BCUT2D eigenvalue weighted by Crippen LogP contribution is -2.49. The minimum atomic E-state index is 0.108. The molecule has 1 saturated heterocycles. The van der Waals surface area contributed by atoms with E-state index in [1.807, 2.05) is 30.3 Å². The number of benzene rings is 1. The topological polar surface area (TPSA) is 44.4 Å². The molecule has 2 rings (SSSR count). The molecule has 15 heavy (non-hydrogen) atoms. The average Bonchev–Trinajstić information content (AvgIpc) is 2.28. The third kappa shape index (κ3) is 2.95. The maximum atomic E-state index is 11.1. The number of hydrogen-bond acceptors (Lipinski definition) is 3. The van der Waals surface area contributed by atoms with E-state index in [9.17, 15) is 4.79 Å². The number of para-hydroxylation sites is 1. The van der Waals surface area contributed by atoms with Crippen LogP contribution in [-0.4, -0.2) is 37.1 Å². The van der Waals surface area contributed by atoms with E-state index in [4.69, 9.17) is 0 Å². The molecule has 2 N–H and O–H groups in total. The van der Waals surface area contributed by atoms with Crippen molar-refractivity contribution >= 4 is 11.6 Å². The van der Waals surface area contributed by atoms with Crippen molar-refractivity contribution in [2.24, 2.45) is 0 Å². The molecular formula is C11H15N3O. The first-order valence-electron chi connectivity index (χ1n) is 5.12. The lowest BCUT2D eigenvalue weighted by molar-refractivity contribution is -0.123. The fraction of sp³-hybridized carbons (Fsp3) is 0.364. The summed E-state index contributed by atoms with van der Waals surface area (Å²) in [5.41, 5.74) is 1.09. The fourth-order valence-corrected chi connectivity index (χ4v) is 1.59. The van der Waals surface area contributed by atoms with Crippen LogP contribution in [0.25, 0.3) is 0 Å². The minimum absolute atomic E-state index is 0.108. The van der Waals surface area contributed by atoms with Gasteiger partial charge in [0.2, 0.25) is 5.91 Å². The molecule has 0 aliphatic carbocycles. The number of carbonyl (C=O) groups excluding carboxylic acids is 1. The van der Waals surface area contributed by atoms with Crippen LogP contribution in [0.1, 0.15) is 0 Å². The molecule has 0 spiro atoms. The molecule has 0 bridgehead atoms. The fourth-order valence-electron chi connectivity index (χ4n) is 1.59. The zero-order valence-corrected chi connectivity index (χ0v) is 8.57. The first-order chi connectivity index (χ1) is 7.34. The van der Waals surface area contributed by atoms with Crippen LogP contribution < -0.4 is 10.6 Å². The second-order valence-electron chi connectivity index (χ2n) is 3.60. The molecule has 4 heteroatoms. The van der Waals surface area contributed by atoms with Crippen molar-refractivity contribution < 1.29 is 4.79 Å². The molecule has 1 aromatic rings. The second kappa shape index (κ2) is 4.79. The Balaban J connectivity index is 1.80. The van der Waals surface area contributed by atoms with Gasteiger partial charge in [0.25, 0.3) is 0 Å². The van der Waals surface area contributed by atoms with Gasteiger partial charge < -0.3 is 10.6 Å². The van der Waals surface area contributed by atoms with Gasteiger partial charge in [-0.2, -0.15) is 0 Å². The van der Waals surface area contributed by atoms with Gasteiger partial charge in [0.15, 0.2) is 0 Å². The molecular weight excluding hydrogens is 190 g/mol. The summed E-state index contributed by atoms with van der Waals surface area (Å²) < 4.78 is 0. The number of piperazine rings is 1. The van der Waals surface area contributed by atoms with E-state index in [-0.39, 0.29) is 5.91 Å². The lowest BCUT2D eigenvalue weighted by Gasteiger charge is -2.26. The summed E-state index contributed by atoms with van der Waals surface area (Å²) in [6.45, 7) is 2.86. The van der Waals surface area contributed by atoms with Crippen molar-refractivity contribution in [3.63, 3.8) is 0 Å². The van der Waals surface area contributed by atoms with E-state index in [0.717, 1.165) is 25.4 Å². The maximum Gasteiger partial charge on any atom is 0.234 e. The number of amides is 1. The van der Waals surface area contributed by atoms with Crippen LogP contribution in [0.2, 0.25) is 0 Å². The second-order valence-corrected chi connectivity index (χ2v) is 3.60. The van der Waals surface area contributed by atoms with Gasteiger partial charge >= 0.3 is 0 Å². The number of nitrogens with zero attached hydrogens (tertiary/aromatic N) is 1. The zero-order chi connectivity index (χ0) is 10.5. The van der Waals surface area contributed by atoms with Crippen molar-refractivity contribution in [2.45, 2.75) is 0 Å². The highest BCUT2D eigenvalue weighted by Crippen LogP contribution is 2.05. The monoisotopic (exact) mass is 205 g/mol. The molecule has 0 saturated carbocycles. The molecule has 1 aliphatic heterocycles. The Morgan fingerprint density at radius 2 is 2.13 bits per heavy atom. The van der Waals surface area contributed by atoms with Gasteiger partial charge in [-0.15, -0.1) is 0 Å². The Kier molecular flexibility index (Phi) is 3.19. The largest absolute Gasteiger partial charge is 0.372 e. The number of nitrogens with one attached hydrogen (secondary N) is 2. The molecule has 0 unspecified atom stereocenters. The van der Waals surface area contributed by atoms with Crippen molar-refractivity contribution in [2.75, 3.05) is 31.6 Å². The smallest absolute Gasteiger partial charge is 0.234 e. The molecule has 1 aromatic carbocycles. The number of rotatable bonds is 3. The molecule has 1 heterocycles. The van der Waals surface area contributed by atoms with Gasteiger partial charge in [-0.25, -0.2) is 0 Å². The highest BCUT2D eigenvalue weighted by molar-refractivity contribution is 5.78. The van der Waals surface area contributed by atoms with Crippen LogP contribution in [0.5, 0.6) is 0 Å². The van der Waals surface area contributed by atoms with Crippen molar-refractivity contribution in [1.82, 2.24) is 10.2 Å². The predicted molar refractivity (Wildman–Crippen MR) is 59.5 cm³/mol. The van der Waals surface area contributed by atoms with Gasteiger partial charge in [0, 0.05) is 18.8 Å². The van der Waals surface area contributed by atoms with E-state index in [1.165, 1.54) is 0 Å². The summed E-state index contributed by atoms with van der Waals surface area (Å²) in [5, 5.41) is 6.08. The Morgan fingerprint density at radius 3 is 2.87 bits per heavy atom. The number of hydrogen-bond donors (Lipinski definition) is 2. The van der Waals surface area contributed by atoms with Gasteiger partial charge in [-0.1, -0.05) is 18.2 Å². The standard InChI is InChI=1S/C11H15N3O/c15-11-8-14(7-6-12-11)9-13-10-4-2-1-3-5-10/h1-5,13H,6-9H2,(H,12,15). The van der Waals surface area contributed by atoms with Gasteiger partial charge in [0.1, 0.15) is 0 Å². The third-order valence-electron chi connectivity index (χ3n) is 2.40. The first kappa shape index (κ1) is 9.98. The highest BCUT2D eigenvalue weighted by Gasteiger charge is 2.14. The van der Waals surface area contributed by atoms with Crippen LogP contribution in [0, 0.1) is 0 Å².